The zero-order chi connectivity index (χ0) is 23.5. The lowest BCUT2D eigenvalue weighted by Gasteiger charge is -2.26. The smallest absolute Gasteiger partial charge is 0.255 e. The maximum absolute atomic E-state index is 14.5. The van der Waals surface area contributed by atoms with Gasteiger partial charge in [0, 0.05) is 17.1 Å². The number of ether oxygens (including phenoxy) is 1. The summed E-state index contributed by atoms with van der Waals surface area (Å²) in [5.41, 5.74) is 5.71. The van der Waals surface area contributed by atoms with Crippen molar-refractivity contribution in [1.82, 2.24) is 15.1 Å². The molecule has 0 radical (unpaired) electrons. The number of aromatic amines is 1. The zero-order valence-corrected chi connectivity index (χ0v) is 19.5. The number of rotatable bonds is 9. The SMILES string of the molecule is CCCC[C@H](C)[C@H](C)Oc1cc(=O)[nH]c(-c2cc(C(C)(C)C3=C(C)C=C=C=C3F)no2)n1. The molecule has 0 fully saturated rings. The van der Waals surface area contributed by atoms with Gasteiger partial charge in [0.25, 0.3) is 5.56 Å². The number of nitrogens with one attached hydrogen (secondary N) is 1. The minimum absolute atomic E-state index is 0.0926. The van der Waals surface area contributed by atoms with Crippen LogP contribution in [0, 0.1) is 5.92 Å². The van der Waals surface area contributed by atoms with E-state index >= 15 is 0 Å². The van der Waals surface area contributed by atoms with Crippen molar-refractivity contribution in [3.05, 3.63) is 62.7 Å². The van der Waals surface area contributed by atoms with Crippen LogP contribution in [0.3, 0.4) is 0 Å². The maximum atomic E-state index is 14.5. The molecule has 2 aromatic rings. The second-order valence-corrected chi connectivity index (χ2v) is 8.86. The van der Waals surface area contributed by atoms with Gasteiger partial charge in [0.05, 0.1) is 11.8 Å². The van der Waals surface area contributed by atoms with Crippen molar-refractivity contribution >= 4 is 0 Å². The molecule has 170 valence electrons. The molecule has 0 spiro atoms. The largest absolute Gasteiger partial charge is 0.474 e. The highest BCUT2D eigenvalue weighted by atomic mass is 19.1. The van der Waals surface area contributed by atoms with Crippen molar-refractivity contribution in [2.24, 2.45) is 5.92 Å². The van der Waals surface area contributed by atoms with Gasteiger partial charge in [-0.25, -0.2) is 0 Å². The second kappa shape index (κ2) is 9.56. The Morgan fingerprint density at radius 3 is 2.75 bits per heavy atom. The third kappa shape index (κ3) is 5.01. The summed E-state index contributed by atoms with van der Waals surface area (Å²) in [7, 11) is 0. The molecule has 7 heteroatoms. The van der Waals surface area contributed by atoms with E-state index in [-0.39, 0.29) is 29.1 Å². The molecule has 0 amide bonds. The van der Waals surface area contributed by atoms with Crippen molar-refractivity contribution in [3.63, 3.8) is 0 Å². The lowest BCUT2D eigenvalue weighted by Crippen LogP contribution is -2.23. The van der Waals surface area contributed by atoms with E-state index in [2.05, 4.69) is 40.4 Å². The van der Waals surface area contributed by atoms with Crippen molar-refractivity contribution in [1.29, 1.82) is 0 Å². The summed E-state index contributed by atoms with van der Waals surface area (Å²) in [5.74, 6) is 0.558. The number of allylic oxidation sites excluding steroid dienone is 4. The molecule has 1 N–H and O–H groups in total. The van der Waals surface area contributed by atoms with E-state index in [1.165, 1.54) is 6.07 Å². The van der Waals surface area contributed by atoms with Gasteiger partial charge in [-0.05, 0) is 57.4 Å². The van der Waals surface area contributed by atoms with Crippen LogP contribution >= 0.6 is 0 Å². The number of aromatic nitrogens is 3. The van der Waals surface area contributed by atoms with Crippen LogP contribution in [0.15, 0.2) is 56.0 Å². The second-order valence-electron chi connectivity index (χ2n) is 8.86. The zero-order valence-electron chi connectivity index (χ0n) is 19.5. The third-order valence-electron chi connectivity index (χ3n) is 5.93. The van der Waals surface area contributed by atoms with Gasteiger partial charge in [0.2, 0.25) is 11.6 Å². The van der Waals surface area contributed by atoms with Gasteiger partial charge >= 0.3 is 0 Å². The molecule has 2 atom stereocenters. The first-order valence-electron chi connectivity index (χ1n) is 11.0. The summed E-state index contributed by atoms with van der Waals surface area (Å²) < 4.78 is 25.9. The van der Waals surface area contributed by atoms with Gasteiger partial charge in [-0.3, -0.25) is 4.79 Å². The van der Waals surface area contributed by atoms with Crippen molar-refractivity contribution < 1.29 is 13.7 Å². The molecule has 1 aliphatic rings. The van der Waals surface area contributed by atoms with Crippen LogP contribution in [-0.2, 0) is 5.41 Å². The van der Waals surface area contributed by atoms with Crippen molar-refractivity contribution in [2.75, 3.05) is 0 Å². The van der Waals surface area contributed by atoms with Crippen LogP contribution in [-0.4, -0.2) is 21.2 Å². The minimum Gasteiger partial charge on any atom is -0.474 e. The molecule has 32 heavy (non-hydrogen) atoms. The molecule has 3 rings (SSSR count). The van der Waals surface area contributed by atoms with Gasteiger partial charge < -0.3 is 14.2 Å². The maximum Gasteiger partial charge on any atom is 0.255 e. The molecule has 0 bridgehead atoms. The van der Waals surface area contributed by atoms with E-state index in [1.807, 2.05) is 27.7 Å². The molecule has 0 aromatic carbocycles. The first-order chi connectivity index (χ1) is 15.1. The van der Waals surface area contributed by atoms with Crippen LogP contribution < -0.4 is 10.3 Å². The van der Waals surface area contributed by atoms with E-state index in [4.69, 9.17) is 9.26 Å². The molecule has 6 nitrogen and oxygen atoms in total. The van der Waals surface area contributed by atoms with Gasteiger partial charge in [-0.1, -0.05) is 37.6 Å². The lowest BCUT2D eigenvalue weighted by atomic mass is 9.77. The molecule has 2 heterocycles. The standard InChI is InChI=1S/C25H30FN3O3/c1-7-8-10-15(2)17(4)31-22-14-21(30)27-24(28-22)19-13-20(29-32-19)25(5,6)23-16(3)11-9-12-18(23)26/h11,13-15,17H,7-8,10H2,1-6H3,(H,27,28,30)/t15-,17-/m0/s1. The predicted molar refractivity (Wildman–Crippen MR) is 121 cm³/mol. The third-order valence-corrected chi connectivity index (χ3v) is 5.93. The molecular weight excluding hydrogens is 409 g/mol. The highest BCUT2D eigenvalue weighted by Gasteiger charge is 2.34. The average molecular weight is 440 g/mol. The fourth-order valence-corrected chi connectivity index (χ4v) is 3.77. The number of H-pyrrole nitrogens is 1. The predicted octanol–water partition coefficient (Wildman–Crippen LogP) is 5.79. The van der Waals surface area contributed by atoms with Crippen molar-refractivity contribution in [3.8, 4) is 17.5 Å². The molecule has 0 saturated heterocycles. The Hall–Kier alpha value is -3.14. The van der Waals surface area contributed by atoms with E-state index in [0.29, 0.717) is 17.2 Å². The molecule has 0 unspecified atom stereocenters. The number of nitrogens with zero attached hydrogens (tertiary/aromatic N) is 2. The monoisotopic (exact) mass is 439 g/mol. The van der Waals surface area contributed by atoms with E-state index in [0.717, 1.165) is 24.8 Å². The summed E-state index contributed by atoms with van der Waals surface area (Å²) >= 11 is 0. The first-order valence-corrected chi connectivity index (χ1v) is 11.0. The van der Waals surface area contributed by atoms with Crippen molar-refractivity contribution in [2.45, 2.75) is 72.3 Å². The quantitative estimate of drug-likeness (QED) is 0.500. The Morgan fingerprint density at radius 2 is 2.06 bits per heavy atom. The Labute approximate surface area is 187 Å². The van der Waals surface area contributed by atoms with Gasteiger partial charge in [0.15, 0.2) is 11.7 Å². The van der Waals surface area contributed by atoms with Crippen LogP contribution in [0.4, 0.5) is 4.39 Å². The summed E-state index contributed by atoms with van der Waals surface area (Å²) in [4.78, 5) is 19.3. The lowest BCUT2D eigenvalue weighted by molar-refractivity contribution is 0.147. The fourth-order valence-electron chi connectivity index (χ4n) is 3.77. The Balaban J connectivity index is 1.87. The topological polar surface area (TPSA) is 81.0 Å². The highest BCUT2D eigenvalue weighted by molar-refractivity contribution is 5.52. The summed E-state index contributed by atoms with van der Waals surface area (Å²) in [6.07, 6.45) is 4.88. The van der Waals surface area contributed by atoms with Crippen LogP contribution in [0.2, 0.25) is 0 Å². The van der Waals surface area contributed by atoms with Gasteiger partial charge in [-0.2, -0.15) is 9.37 Å². The van der Waals surface area contributed by atoms with E-state index in [9.17, 15) is 9.18 Å². The summed E-state index contributed by atoms with van der Waals surface area (Å²) in [5, 5.41) is 4.14. The minimum atomic E-state index is -0.793. The van der Waals surface area contributed by atoms with Crippen LogP contribution in [0.1, 0.15) is 66.5 Å². The number of halogens is 1. The Bertz CT molecular complexity index is 1180. The Morgan fingerprint density at radius 1 is 1.31 bits per heavy atom. The molecule has 0 aliphatic heterocycles. The number of unbranched alkanes of at least 4 members (excludes halogenated alkanes) is 1. The molecule has 2 aromatic heterocycles. The molecular formula is C25H30FN3O3. The van der Waals surface area contributed by atoms with E-state index in [1.54, 1.807) is 12.1 Å². The van der Waals surface area contributed by atoms with Gasteiger partial charge in [-0.15, -0.1) is 0 Å². The van der Waals surface area contributed by atoms with E-state index < -0.39 is 11.2 Å². The summed E-state index contributed by atoms with van der Waals surface area (Å²) in [6, 6.07) is 2.98. The summed E-state index contributed by atoms with van der Waals surface area (Å²) in [6.45, 7) is 11.8. The Kier molecular flexibility index (Phi) is 7.02. The fraction of sp³-hybridized carbons (Fsp3) is 0.480. The normalized spacial score (nSPS) is 15.7. The molecule has 1 aliphatic carbocycles. The van der Waals surface area contributed by atoms with Crippen LogP contribution in [0.25, 0.3) is 11.6 Å². The van der Waals surface area contributed by atoms with Gasteiger partial charge in [0.1, 0.15) is 6.10 Å². The average Bonchev–Trinajstić information content (AvgIpc) is 3.22. The number of hydrogen-bond acceptors (Lipinski definition) is 5. The molecule has 0 saturated carbocycles. The highest BCUT2D eigenvalue weighted by Crippen LogP contribution is 2.39. The first kappa shape index (κ1) is 23.5. The van der Waals surface area contributed by atoms with Crippen LogP contribution in [0.5, 0.6) is 5.88 Å². The number of hydrogen-bond donors (Lipinski definition) is 1.